The van der Waals surface area contributed by atoms with Gasteiger partial charge in [-0.05, 0) is 61.9 Å². The second-order valence-corrected chi connectivity index (χ2v) is 5.96. The van der Waals surface area contributed by atoms with E-state index in [1.54, 1.807) is 17.0 Å². The van der Waals surface area contributed by atoms with Gasteiger partial charge in [0, 0.05) is 30.2 Å². The van der Waals surface area contributed by atoms with Crippen LogP contribution < -0.4 is 0 Å². The molecule has 128 valence electrons. The first-order valence-electron chi connectivity index (χ1n) is 8.40. The van der Waals surface area contributed by atoms with E-state index in [1.165, 1.54) is 12.1 Å². The highest BCUT2D eigenvalue weighted by Gasteiger charge is 2.21. The van der Waals surface area contributed by atoms with Crippen LogP contribution in [0.25, 0.3) is 5.69 Å². The van der Waals surface area contributed by atoms with Crippen LogP contribution in [0.4, 0.5) is 4.39 Å². The number of carbonyl (C=O) groups is 1. The highest BCUT2D eigenvalue weighted by atomic mass is 19.1. The minimum atomic E-state index is -0.273. The Bertz CT molecular complexity index is 841. The average molecular weight is 336 g/mol. The standard InChI is InChI=1S/C21H21FN2O/c1-3-24(16(2)17-9-11-19(22)12-10-17)21(25)18-7-6-8-20(15-18)23-13-4-5-14-23/h4-16H,3H2,1-2H3. The summed E-state index contributed by atoms with van der Waals surface area (Å²) < 4.78 is 15.1. The maximum Gasteiger partial charge on any atom is 0.254 e. The highest BCUT2D eigenvalue weighted by Crippen LogP contribution is 2.23. The van der Waals surface area contributed by atoms with Gasteiger partial charge in [0.15, 0.2) is 0 Å². The molecule has 1 aromatic heterocycles. The van der Waals surface area contributed by atoms with E-state index in [4.69, 9.17) is 0 Å². The van der Waals surface area contributed by atoms with E-state index < -0.39 is 0 Å². The predicted molar refractivity (Wildman–Crippen MR) is 97.3 cm³/mol. The molecular weight excluding hydrogens is 315 g/mol. The Hall–Kier alpha value is -2.88. The van der Waals surface area contributed by atoms with Crippen molar-refractivity contribution in [3.05, 3.63) is 90.0 Å². The zero-order valence-corrected chi connectivity index (χ0v) is 14.4. The first kappa shape index (κ1) is 17.0. The van der Waals surface area contributed by atoms with Crippen LogP contribution >= 0.6 is 0 Å². The number of hydrogen-bond acceptors (Lipinski definition) is 1. The number of rotatable bonds is 5. The van der Waals surface area contributed by atoms with E-state index in [0.717, 1.165) is 11.3 Å². The second kappa shape index (κ2) is 7.34. The van der Waals surface area contributed by atoms with Crippen LogP contribution in [0.15, 0.2) is 73.1 Å². The van der Waals surface area contributed by atoms with Crippen molar-refractivity contribution in [3.63, 3.8) is 0 Å². The number of hydrogen-bond donors (Lipinski definition) is 0. The number of benzene rings is 2. The van der Waals surface area contributed by atoms with Crippen molar-refractivity contribution in [1.29, 1.82) is 0 Å². The van der Waals surface area contributed by atoms with Gasteiger partial charge < -0.3 is 9.47 Å². The molecule has 1 atom stereocenters. The van der Waals surface area contributed by atoms with Gasteiger partial charge in [-0.2, -0.15) is 0 Å². The predicted octanol–water partition coefficient (Wildman–Crippen LogP) is 4.84. The molecule has 0 aliphatic rings. The van der Waals surface area contributed by atoms with Crippen molar-refractivity contribution in [2.75, 3.05) is 6.54 Å². The van der Waals surface area contributed by atoms with E-state index in [2.05, 4.69) is 0 Å². The number of nitrogens with zero attached hydrogens (tertiary/aromatic N) is 2. The molecule has 1 heterocycles. The maximum atomic E-state index is 13.2. The average Bonchev–Trinajstić information content (AvgIpc) is 3.17. The van der Waals surface area contributed by atoms with Gasteiger partial charge in [0.1, 0.15) is 5.82 Å². The monoisotopic (exact) mass is 336 g/mol. The summed E-state index contributed by atoms with van der Waals surface area (Å²) in [5, 5.41) is 0. The molecule has 0 saturated carbocycles. The molecule has 3 nitrogen and oxygen atoms in total. The Balaban J connectivity index is 1.87. The molecule has 0 aliphatic carbocycles. The molecular formula is C21H21FN2O. The van der Waals surface area contributed by atoms with Gasteiger partial charge in [-0.1, -0.05) is 18.2 Å². The Morgan fingerprint density at radius 2 is 1.76 bits per heavy atom. The maximum absolute atomic E-state index is 13.2. The number of amides is 1. The molecule has 0 aliphatic heterocycles. The van der Waals surface area contributed by atoms with Crippen molar-refractivity contribution in [2.24, 2.45) is 0 Å². The molecule has 0 radical (unpaired) electrons. The molecule has 0 fully saturated rings. The number of halogens is 1. The molecule has 0 bridgehead atoms. The molecule has 4 heteroatoms. The van der Waals surface area contributed by atoms with Crippen LogP contribution in [0.3, 0.4) is 0 Å². The van der Waals surface area contributed by atoms with Gasteiger partial charge >= 0.3 is 0 Å². The molecule has 1 amide bonds. The first-order valence-corrected chi connectivity index (χ1v) is 8.40. The quantitative estimate of drug-likeness (QED) is 0.654. The van der Waals surface area contributed by atoms with Crippen LogP contribution in [0.5, 0.6) is 0 Å². The third-order valence-electron chi connectivity index (χ3n) is 4.42. The normalized spacial score (nSPS) is 12.0. The fourth-order valence-electron chi connectivity index (χ4n) is 2.99. The Morgan fingerprint density at radius 1 is 1.08 bits per heavy atom. The lowest BCUT2D eigenvalue weighted by molar-refractivity contribution is 0.0702. The first-order chi connectivity index (χ1) is 12.1. The molecule has 3 aromatic rings. The smallest absolute Gasteiger partial charge is 0.254 e. The van der Waals surface area contributed by atoms with E-state index >= 15 is 0 Å². The van der Waals surface area contributed by atoms with Crippen LogP contribution in [-0.2, 0) is 0 Å². The van der Waals surface area contributed by atoms with Gasteiger partial charge in [-0.15, -0.1) is 0 Å². The van der Waals surface area contributed by atoms with Gasteiger partial charge in [-0.25, -0.2) is 4.39 Å². The molecule has 0 spiro atoms. The Kier molecular flexibility index (Phi) is 4.98. The summed E-state index contributed by atoms with van der Waals surface area (Å²) in [7, 11) is 0. The lowest BCUT2D eigenvalue weighted by atomic mass is 10.1. The lowest BCUT2D eigenvalue weighted by Crippen LogP contribution is -2.33. The SMILES string of the molecule is CCN(C(=O)c1cccc(-n2cccc2)c1)C(C)c1ccc(F)cc1. The fourth-order valence-corrected chi connectivity index (χ4v) is 2.99. The van der Waals surface area contributed by atoms with Crippen molar-refractivity contribution < 1.29 is 9.18 Å². The van der Waals surface area contributed by atoms with Crippen molar-refractivity contribution in [3.8, 4) is 5.69 Å². The van der Waals surface area contributed by atoms with Crippen LogP contribution in [-0.4, -0.2) is 21.9 Å². The summed E-state index contributed by atoms with van der Waals surface area (Å²) >= 11 is 0. The van der Waals surface area contributed by atoms with Crippen molar-refractivity contribution >= 4 is 5.91 Å². The fraction of sp³-hybridized carbons (Fsp3) is 0.190. The van der Waals surface area contributed by atoms with E-state index in [0.29, 0.717) is 12.1 Å². The van der Waals surface area contributed by atoms with Crippen LogP contribution in [0.1, 0.15) is 35.8 Å². The molecule has 1 unspecified atom stereocenters. The number of aromatic nitrogens is 1. The third-order valence-corrected chi connectivity index (χ3v) is 4.42. The van der Waals surface area contributed by atoms with Crippen LogP contribution in [0, 0.1) is 5.82 Å². The largest absolute Gasteiger partial charge is 0.332 e. The Morgan fingerprint density at radius 3 is 2.40 bits per heavy atom. The lowest BCUT2D eigenvalue weighted by Gasteiger charge is -2.28. The van der Waals surface area contributed by atoms with Crippen molar-refractivity contribution in [1.82, 2.24) is 9.47 Å². The molecule has 0 saturated heterocycles. The molecule has 3 rings (SSSR count). The van der Waals surface area contributed by atoms with Gasteiger partial charge in [-0.3, -0.25) is 4.79 Å². The summed E-state index contributed by atoms with van der Waals surface area (Å²) in [6.45, 7) is 4.49. The van der Waals surface area contributed by atoms with E-state index in [9.17, 15) is 9.18 Å². The summed E-state index contributed by atoms with van der Waals surface area (Å²) in [5.74, 6) is -0.307. The minimum absolute atomic E-state index is 0.0340. The topological polar surface area (TPSA) is 25.2 Å². The third kappa shape index (κ3) is 3.63. The second-order valence-electron chi connectivity index (χ2n) is 5.96. The van der Waals surface area contributed by atoms with E-state index in [1.807, 2.05) is 67.2 Å². The Labute approximate surface area is 147 Å². The summed E-state index contributed by atoms with van der Waals surface area (Å²) in [4.78, 5) is 14.8. The zero-order chi connectivity index (χ0) is 17.8. The molecule has 2 aromatic carbocycles. The minimum Gasteiger partial charge on any atom is -0.332 e. The van der Waals surface area contributed by atoms with Gasteiger partial charge in [0.2, 0.25) is 0 Å². The summed E-state index contributed by atoms with van der Waals surface area (Å²) in [6.07, 6.45) is 3.89. The summed E-state index contributed by atoms with van der Waals surface area (Å²) in [6, 6.07) is 17.7. The highest BCUT2D eigenvalue weighted by molar-refractivity contribution is 5.95. The van der Waals surface area contributed by atoms with Crippen molar-refractivity contribution in [2.45, 2.75) is 19.9 Å². The van der Waals surface area contributed by atoms with E-state index in [-0.39, 0.29) is 17.8 Å². The zero-order valence-electron chi connectivity index (χ0n) is 14.4. The van der Waals surface area contributed by atoms with Crippen LogP contribution in [0.2, 0.25) is 0 Å². The number of carbonyl (C=O) groups excluding carboxylic acids is 1. The summed E-state index contributed by atoms with van der Waals surface area (Å²) in [5.41, 5.74) is 2.50. The molecule has 0 N–H and O–H groups in total. The van der Waals surface area contributed by atoms with Gasteiger partial charge in [0.25, 0.3) is 5.91 Å². The van der Waals surface area contributed by atoms with Gasteiger partial charge in [0.05, 0.1) is 6.04 Å². The molecule has 25 heavy (non-hydrogen) atoms.